The molecule has 0 saturated heterocycles. The second-order valence-corrected chi connectivity index (χ2v) is 12.2. The molecule has 1 aliphatic heterocycles. The molecule has 6 atom stereocenters. The number of amides is 1. The molecule has 15 nitrogen and oxygen atoms in total. The van der Waals surface area contributed by atoms with E-state index < -0.39 is 53.9 Å². The molecule has 2 aromatic rings. The largest absolute Gasteiger partial charge is 0.481 e. The lowest BCUT2D eigenvalue weighted by Gasteiger charge is -2.35. The van der Waals surface area contributed by atoms with Crippen molar-refractivity contribution >= 4 is 47.0 Å². The highest BCUT2D eigenvalue weighted by Crippen LogP contribution is 2.35. The summed E-state index contributed by atoms with van der Waals surface area (Å²) in [6.07, 6.45) is 1.12. The minimum absolute atomic E-state index is 0.0109. The molecule has 1 aromatic carbocycles. The van der Waals surface area contributed by atoms with Gasteiger partial charge >= 0.3 is 17.9 Å². The van der Waals surface area contributed by atoms with Gasteiger partial charge in [-0.1, -0.05) is 20.8 Å². The zero-order chi connectivity index (χ0) is 32.8. The van der Waals surface area contributed by atoms with E-state index in [-0.39, 0.29) is 23.2 Å². The Hall–Kier alpha value is -4.82. The highest BCUT2D eigenvalue weighted by atomic mass is 16.5. The van der Waals surface area contributed by atoms with Crippen LogP contribution in [-0.2, 0) is 19.1 Å². The van der Waals surface area contributed by atoms with Gasteiger partial charge in [-0.15, -0.1) is 0 Å². The lowest BCUT2D eigenvalue weighted by molar-refractivity contribution is -0.165. The highest BCUT2D eigenvalue weighted by Gasteiger charge is 2.38. The van der Waals surface area contributed by atoms with Crippen LogP contribution in [0.25, 0.3) is 0 Å². The van der Waals surface area contributed by atoms with E-state index in [0.717, 1.165) is 6.42 Å². The molecule has 244 valence electrons. The number of hydrogen-bond acceptors (Lipinski definition) is 11. The zero-order valence-electron chi connectivity index (χ0n) is 25.5. The molecule has 45 heavy (non-hydrogen) atoms. The predicted molar refractivity (Wildman–Crippen MR) is 166 cm³/mol. The number of ether oxygens (including phenoxy) is 1. The SMILES string of the molecule is CC1CC(OC(=O)C(CC(NC(=O)c2ccc(NC[C@@H]3CNc4nc(N)[nH]c(=O)c4N3)cc2)C(=O)O)C(=O)O)CC(C(C)C)C1. The summed E-state index contributed by atoms with van der Waals surface area (Å²) in [6.45, 7) is 7.13. The second-order valence-electron chi connectivity index (χ2n) is 12.2. The standard InChI is InChI=1S/C30H41N7O8/c1-14(2)17-8-15(3)9-20(10-17)45-29(44)21(27(40)41)11-22(28(42)43)35-25(38)16-4-6-18(7-5-16)32-12-19-13-33-24-23(34-19)26(39)37-30(31)36-24/h4-7,14-15,17,19-22,32,34H,8-13H2,1-3H3,(H,35,38)(H,40,41)(H,42,43)(H4,31,33,36,37,39)/t15?,17?,19-,20?,21?,22?/m1/s1. The highest BCUT2D eigenvalue weighted by molar-refractivity contribution is 5.98. The first-order valence-corrected chi connectivity index (χ1v) is 15.0. The average Bonchev–Trinajstić information content (AvgIpc) is 2.97. The molecule has 0 spiro atoms. The van der Waals surface area contributed by atoms with Crippen LogP contribution in [0.5, 0.6) is 0 Å². The summed E-state index contributed by atoms with van der Waals surface area (Å²) in [7, 11) is 0. The summed E-state index contributed by atoms with van der Waals surface area (Å²) < 4.78 is 5.58. The molecule has 0 radical (unpaired) electrons. The van der Waals surface area contributed by atoms with E-state index in [1.54, 1.807) is 12.1 Å². The Kier molecular flexibility index (Phi) is 10.5. The van der Waals surface area contributed by atoms with Crippen molar-refractivity contribution in [3.05, 3.63) is 40.2 Å². The quantitative estimate of drug-likeness (QED) is 0.124. The number of carbonyl (C=O) groups excluding carboxylic acids is 2. The Labute approximate surface area is 259 Å². The maximum atomic E-state index is 12.9. The summed E-state index contributed by atoms with van der Waals surface area (Å²) in [6, 6.07) is 4.39. The lowest BCUT2D eigenvalue weighted by atomic mass is 9.75. The normalized spacial score (nSPS) is 22.1. The number of anilines is 4. The van der Waals surface area contributed by atoms with E-state index in [9.17, 15) is 34.2 Å². The first-order chi connectivity index (χ1) is 21.3. The topological polar surface area (TPSA) is 238 Å². The van der Waals surface area contributed by atoms with Gasteiger partial charge in [0.15, 0.2) is 11.7 Å². The Bertz CT molecular complexity index is 1460. The molecule has 2 heterocycles. The van der Waals surface area contributed by atoms with Gasteiger partial charge in [0.2, 0.25) is 5.95 Å². The maximum Gasteiger partial charge on any atom is 0.326 e. The minimum atomic E-state index is -1.76. The lowest BCUT2D eigenvalue weighted by Crippen LogP contribution is -2.45. The molecule has 1 amide bonds. The number of H-pyrrole nitrogens is 1. The van der Waals surface area contributed by atoms with Crippen molar-refractivity contribution in [2.45, 2.75) is 64.6 Å². The molecule has 15 heteroatoms. The number of rotatable bonds is 12. The third-order valence-electron chi connectivity index (χ3n) is 8.32. The van der Waals surface area contributed by atoms with Crippen LogP contribution in [0.15, 0.2) is 29.1 Å². The number of benzene rings is 1. The fraction of sp³-hybridized carbons (Fsp3) is 0.533. The van der Waals surface area contributed by atoms with Crippen LogP contribution in [0.3, 0.4) is 0 Å². The third kappa shape index (κ3) is 8.64. The molecule has 1 aromatic heterocycles. The van der Waals surface area contributed by atoms with E-state index in [1.807, 2.05) is 0 Å². The van der Waals surface area contributed by atoms with Gasteiger partial charge in [-0.05, 0) is 61.3 Å². The molecular formula is C30H41N7O8. The third-order valence-corrected chi connectivity index (χ3v) is 8.32. The minimum Gasteiger partial charge on any atom is -0.481 e. The smallest absolute Gasteiger partial charge is 0.326 e. The Morgan fingerprint density at radius 2 is 1.80 bits per heavy atom. The van der Waals surface area contributed by atoms with Crippen molar-refractivity contribution < 1.29 is 34.1 Å². The number of nitrogens with zero attached hydrogens (tertiary/aromatic N) is 1. The van der Waals surface area contributed by atoms with Crippen molar-refractivity contribution in [2.24, 2.45) is 23.7 Å². The van der Waals surface area contributed by atoms with Gasteiger partial charge in [0.25, 0.3) is 11.5 Å². The first kappa shape index (κ1) is 33.1. The number of carboxylic acid groups (broad SMARTS) is 2. The fourth-order valence-electron chi connectivity index (χ4n) is 5.81. The van der Waals surface area contributed by atoms with Gasteiger partial charge in [-0.25, -0.2) is 4.79 Å². The van der Waals surface area contributed by atoms with Crippen LogP contribution in [0, 0.1) is 23.7 Å². The molecule has 4 rings (SSSR count). The van der Waals surface area contributed by atoms with E-state index in [2.05, 4.69) is 52.0 Å². The van der Waals surface area contributed by atoms with Gasteiger partial charge in [0, 0.05) is 30.8 Å². The summed E-state index contributed by atoms with van der Waals surface area (Å²) in [5.41, 5.74) is 6.25. The number of hydrogen-bond donors (Lipinski definition) is 8. The number of nitrogens with one attached hydrogen (secondary N) is 5. The van der Waals surface area contributed by atoms with E-state index >= 15 is 0 Å². The fourth-order valence-corrected chi connectivity index (χ4v) is 5.81. The summed E-state index contributed by atoms with van der Waals surface area (Å²) in [4.78, 5) is 68.4. The van der Waals surface area contributed by atoms with Crippen molar-refractivity contribution in [1.29, 1.82) is 0 Å². The van der Waals surface area contributed by atoms with Crippen LogP contribution < -0.4 is 32.6 Å². The number of nitrogens with two attached hydrogens (primary N) is 1. The number of carbonyl (C=O) groups is 4. The number of aromatic nitrogens is 2. The zero-order valence-corrected chi connectivity index (χ0v) is 25.5. The molecule has 1 aliphatic carbocycles. The van der Waals surface area contributed by atoms with Crippen molar-refractivity contribution in [3.8, 4) is 0 Å². The van der Waals surface area contributed by atoms with E-state index in [4.69, 9.17) is 10.5 Å². The van der Waals surface area contributed by atoms with E-state index in [1.165, 1.54) is 12.1 Å². The van der Waals surface area contributed by atoms with Gasteiger partial charge in [0.05, 0.1) is 6.04 Å². The number of carboxylic acids is 2. The summed E-state index contributed by atoms with van der Waals surface area (Å²) in [5, 5.41) is 31.2. The average molecular weight is 628 g/mol. The molecule has 0 bridgehead atoms. The van der Waals surface area contributed by atoms with Crippen molar-refractivity contribution in [3.63, 3.8) is 0 Å². The van der Waals surface area contributed by atoms with Crippen LogP contribution in [-0.4, -0.2) is 75.3 Å². The van der Waals surface area contributed by atoms with Crippen molar-refractivity contribution in [2.75, 3.05) is 34.8 Å². The number of aromatic amines is 1. The van der Waals surface area contributed by atoms with Gasteiger partial charge in [-0.3, -0.25) is 24.2 Å². The Morgan fingerprint density at radius 1 is 1.09 bits per heavy atom. The van der Waals surface area contributed by atoms with Crippen molar-refractivity contribution in [1.82, 2.24) is 15.3 Å². The molecule has 1 saturated carbocycles. The number of nitrogen functional groups attached to an aromatic ring is 1. The number of esters is 1. The van der Waals surface area contributed by atoms with Gasteiger partial charge in [-0.2, -0.15) is 4.98 Å². The summed E-state index contributed by atoms with van der Waals surface area (Å²) in [5.74, 6) is -5.09. The monoisotopic (exact) mass is 627 g/mol. The van der Waals surface area contributed by atoms with Crippen LogP contribution in [0.1, 0.15) is 56.8 Å². The number of fused-ring (bicyclic) bond motifs is 1. The maximum absolute atomic E-state index is 12.9. The second kappa shape index (κ2) is 14.3. The first-order valence-electron chi connectivity index (χ1n) is 15.0. The molecule has 5 unspecified atom stereocenters. The van der Waals surface area contributed by atoms with Crippen LogP contribution in [0.4, 0.5) is 23.1 Å². The van der Waals surface area contributed by atoms with Gasteiger partial charge < -0.3 is 42.0 Å². The van der Waals surface area contributed by atoms with Gasteiger partial charge in [0.1, 0.15) is 17.8 Å². The van der Waals surface area contributed by atoms with Crippen LogP contribution >= 0.6 is 0 Å². The Morgan fingerprint density at radius 3 is 2.44 bits per heavy atom. The number of aliphatic carboxylic acids is 2. The molecule has 2 aliphatic rings. The molecule has 1 fully saturated rings. The van der Waals surface area contributed by atoms with E-state index in [0.29, 0.717) is 55.2 Å². The molecular weight excluding hydrogens is 586 g/mol. The molecule has 9 N–H and O–H groups in total. The summed E-state index contributed by atoms with van der Waals surface area (Å²) >= 11 is 0. The van der Waals surface area contributed by atoms with Crippen LogP contribution in [0.2, 0.25) is 0 Å². The predicted octanol–water partition coefficient (Wildman–Crippen LogP) is 1.95. The Balaban J connectivity index is 1.32.